The maximum absolute atomic E-state index is 4.75. The first-order chi connectivity index (χ1) is 15.8. The second-order valence-electron chi connectivity index (χ2n) is 9.15. The molecule has 1 heterocycles. The van der Waals surface area contributed by atoms with Crippen molar-refractivity contribution in [2.45, 2.75) is 90.9 Å². The smallest absolute Gasteiger partial charge is 0.0702 e. The van der Waals surface area contributed by atoms with Gasteiger partial charge in [-0.05, 0) is 48.4 Å². The number of unbranched alkanes of at least 4 members (excludes halogenated alkanes) is 8. The Kier molecular flexibility index (Phi) is 10.5. The zero-order chi connectivity index (χ0) is 22.4. The molecule has 3 rings (SSSR count). The van der Waals surface area contributed by atoms with E-state index in [1.807, 2.05) is 6.20 Å². The van der Waals surface area contributed by atoms with Gasteiger partial charge in [-0.2, -0.15) is 0 Å². The highest BCUT2D eigenvalue weighted by atomic mass is 14.7. The Balaban J connectivity index is 1.50. The number of rotatable bonds is 14. The number of benzene rings is 2. The Morgan fingerprint density at radius 3 is 1.47 bits per heavy atom. The van der Waals surface area contributed by atoms with Crippen LogP contribution in [0.5, 0.6) is 0 Å². The van der Waals surface area contributed by atoms with E-state index in [1.165, 1.54) is 105 Å². The molecule has 0 aliphatic carbocycles. The van der Waals surface area contributed by atoms with E-state index in [-0.39, 0.29) is 0 Å². The number of nitrogens with zero attached hydrogens (tertiary/aromatic N) is 1. The van der Waals surface area contributed by atoms with Gasteiger partial charge in [0, 0.05) is 17.3 Å². The average molecular weight is 428 g/mol. The molecule has 0 bridgehead atoms. The molecule has 32 heavy (non-hydrogen) atoms. The second-order valence-corrected chi connectivity index (χ2v) is 9.15. The molecule has 0 unspecified atom stereocenters. The third-order valence-corrected chi connectivity index (χ3v) is 6.44. The van der Waals surface area contributed by atoms with Crippen molar-refractivity contribution in [1.82, 2.24) is 4.98 Å². The summed E-state index contributed by atoms with van der Waals surface area (Å²) in [7, 11) is 0. The minimum atomic E-state index is 1.05. The summed E-state index contributed by atoms with van der Waals surface area (Å²) in [4.78, 5) is 4.75. The fourth-order valence-corrected chi connectivity index (χ4v) is 4.31. The largest absolute Gasteiger partial charge is 0.256 e. The lowest BCUT2D eigenvalue weighted by atomic mass is 10.0. The highest BCUT2D eigenvalue weighted by Gasteiger charge is 2.03. The summed E-state index contributed by atoms with van der Waals surface area (Å²) < 4.78 is 0. The van der Waals surface area contributed by atoms with E-state index in [9.17, 15) is 0 Å². The Labute approximate surface area is 196 Å². The van der Waals surface area contributed by atoms with Gasteiger partial charge in [0.1, 0.15) is 0 Å². The molecule has 0 radical (unpaired) electrons. The monoisotopic (exact) mass is 427 g/mol. The molecule has 170 valence electrons. The normalized spacial score (nSPS) is 11.1. The molecular formula is C31H41N. The molecule has 0 fully saturated rings. The average Bonchev–Trinajstić information content (AvgIpc) is 2.85. The van der Waals surface area contributed by atoms with Gasteiger partial charge in [0.2, 0.25) is 0 Å². The van der Waals surface area contributed by atoms with Gasteiger partial charge in [0.15, 0.2) is 0 Å². The molecule has 1 nitrogen and oxygen atoms in total. The second kappa shape index (κ2) is 13.9. The van der Waals surface area contributed by atoms with Crippen LogP contribution in [0.1, 0.15) is 89.2 Å². The standard InChI is InChI=1S/C31H41N/c1-3-5-7-9-10-12-14-27-17-21-29(22-18-27)31-24-23-30(25-32-31)28-19-15-26(16-20-28)13-11-8-6-4-2/h15-25H,3-14H2,1-2H3. The van der Waals surface area contributed by atoms with Crippen LogP contribution in [-0.4, -0.2) is 4.98 Å². The van der Waals surface area contributed by atoms with Crippen LogP contribution in [0, 0.1) is 0 Å². The molecule has 0 saturated heterocycles. The van der Waals surface area contributed by atoms with Crippen molar-refractivity contribution in [2.75, 3.05) is 0 Å². The first kappa shape index (κ1) is 24.2. The van der Waals surface area contributed by atoms with Crippen molar-refractivity contribution in [2.24, 2.45) is 0 Å². The van der Waals surface area contributed by atoms with E-state index < -0.39 is 0 Å². The predicted octanol–water partition coefficient (Wildman–Crippen LogP) is 9.44. The van der Waals surface area contributed by atoms with Gasteiger partial charge in [-0.25, -0.2) is 0 Å². The van der Waals surface area contributed by atoms with Crippen LogP contribution in [0.4, 0.5) is 0 Å². The number of aryl methyl sites for hydroxylation is 2. The van der Waals surface area contributed by atoms with E-state index in [2.05, 4.69) is 74.5 Å². The topological polar surface area (TPSA) is 12.9 Å². The summed E-state index contributed by atoms with van der Waals surface area (Å²) in [6.45, 7) is 4.54. The Bertz CT molecular complexity index is 875. The van der Waals surface area contributed by atoms with Crippen molar-refractivity contribution < 1.29 is 0 Å². The van der Waals surface area contributed by atoms with Gasteiger partial charge in [0.25, 0.3) is 0 Å². The van der Waals surface area contributed by atoms with E-state index >= 15 is 0 Å². The molecule has 0 spiro atoms. The third-order valence-electron chi connectivity index (χ3n) is 6.44. The minimum absolute atomic E-state index is 1.05. The summed E-state index contributed by atoms with van der Waals surface area (Å²) >= 11 is 0. The van der Waals surface area contributed by atoms with E-state index in [0.29, 0.717) is 0 Å². The van der Waals surface area contributed by atoms with Crippen LogP contribution in [0.15, 0.2) is 66.9 Å². The number of hydrogen-bond donors (Lipinski definition) is 0. The molecule has 0 aliphatic heterocycles. The van der Waals surface area contributed by atoms with E-state index in [4.69, 9.17) is 4.98 Å². The highest BCUT2D eigenvalue weighted by Crippen LogP contribution is 2.24. The lowest BCUT2D eigenvalue weighted by Gasteiger charge is -2.07. The van der Waals surface area contributed by atoms with E-state index in [1.54, 1.807) is 0 Å². The number of pyridine rings is 1. The molecule has 0 atom stereocenters. The lowest BCUT2D eigenvalue weighted by molar-refractivity contribution is 0.607. The maximum atomic E-state index is 4.75. The van der Waals surface area contributed by atoms with Crippen molar-refractivity contribution in [3.05, 3.63) is 78.0 Å². The van der Waals surface area contributed by atoms with Crippen LogP contribution in [0.3, 0.4) is 0 Å². The fraction of sp³-hybridized carbons (Fsp3) is 0.452. The zero-order valence-corrected chi connectivity index (χ0v) is 20.3. The summed E-state index contributed by atoms with van der Waals surface area (Å²) in [5.74, 6) is 0. The highest BCUT2D eigenvalue weighted by molar-refractivity contribution is 5.67. The molecule has 3 aromatic rings. The quantitative estimate of drug-likeness (QED) is 0.233. The third kappa shape index (κ3) is 7.93. The first-order valence-corrected chi connectivity index (χ1v) is 12.9. The Morgan fingerprint density at radius 2 is 0.938 bits per heavy atom. The summed E-state index contributed by atoms with van der Waals surface area (Å²) in [5, 5.41) is 0. The molecule has 0 aliphatic rings. The molecule has 0 saturated carbocycles. The zero-order valence-electron chi connectivity index (χ0n) is 20.3. The predicted molar refractivity (Wildman–Crippen MR) is 140 cm³/mol. The van der Waals surface area contributed by atoms with Crippen molar-refractivity contribution in [3.8, 4) is 22.4 Å². The molecular weight excluding hydrogens is 386 g/mol. The summed E-state index contributed by atoms with van der Waals surface area (Å²) in [6.07, 6.45) is 17.8. The first-order valence-electron chi connectivity index (χ1n) is 12.9. The van der Waals surface area contributed by atoms with Gasteiger partial charge in [-0.1, -0.05) is 120 Å². The minimum Gasteiger partial charge on any atom is -0.256 e. The van der Waals surface area contributed by atoms with Crippen LogP contribution in [0.25, 0.3) is 22.4 Å². The van der Waals surface area contributed by atoms with Crippen LogP contribution in [-0.2, 0) is 12.8 Å². The number of aromatic nitrogens is 1. The fourth-order valence-electron chi connectivity index (χ4n) is 4.31. The number of hydrogen-bond acceptors (Lipinski definition) is 1. The van der Waals surface area contributed by atoms with Gasteiger partial charge in [0.05, 0.1) is 5.69 Å². The van der Waals surface area contributed by atoms with Gasteiger partial charge in [-0.3, -0.25) is 4.98 Å². The Morgan fingerprint density at radius 1 is 0.469 bits per heavy atom. The van der Waals surface area contributed by atoms with Gasteiger partial charge < -0.3 is 0 Å². The van der Waals surface area contributed by atoms with Crippen molar-refractivity contribution in [3.63, 3.8) is 0 Å². The molecule has 0 amide bonds. The van der Waals surface area contributed by atoms with Crippen LogP contribution in [0.2, 0.25) is 0 Å². The molecule has 1 aromatic heterocycles. The summed E-state index contributed by atoms with van der Waals surface area (Å²) in [6, 6.07) is 22.4. The molecule has 0 N–H and O–H groups in total. The van der Waals surface area contributed by atoms with Crippen molar-refractivity contribution in [1.29, 1.82) is 0 Å². The van der Waals surface area contributed by atoms with E-state index in [0.717, 1.165) is 5.69 Å². The van der Waals surface area contributed by atoms with Crippen LogP contribution >= 0.6 is 0 Å². The van der Waals surface area contributed by atoms with Gasteiger partial charge in [-0.15, -0.1) is 0 Å². The maximum Gasteiger partial charge on any atom is 0.0702 e. The van der Waals surface area contributed by atoms with Crippen molar-refractivity contribution >= 4 is 0 Å². The lowest BCUT2D eigenvalue weighted by Crippen LogP contribution is -1.89. The Hall–Kier alpha value is -2.41. The molecule has 1 heteroatoms. The van der Waals surface area contributed by atoms with Crippen LogP contribution < -0.4 is 0 Å². The SMILES string of the molecule is CCCCCCCCc1ccc(-c2ccc(-c3ccc(CCCCCC)cc3)cn2)cc1. The van der Waals surface area contributed by atoms with Gasteiger partial charge >= 0.3 is 0 Å². The summed E-state index contributed by atoms with van der Waals surface area (Å²) in [5.41, 5.74) is 7.56. The molecule has 2 aromatic carbocycles.